The molecule has 0 aromatic heterocycles. The zero-order chi connectivity index (χ0) is 16.9. The van der Waals surface area contributed by atoms with E-state index in [0.29, 0.717) is 0 Å². The Bertz CT molecular complexity index is 940. The molecule has 25 heavy (non-hydrogen) atoms. The average Bonchev–Trinajstić information content (AvgIpc) is 2.70. The molecule has 4 rings (SSSR count). The molecule has 4 aromatic rings. The Kier molecular flexibility index (Phi) is 4.47. The molecule has 0 fully saturated rings. The van der Waals surface area contributed by atoms with E-state index in [0.717, 1.165) is 13.0 Å². The number of hydrogen-bond donors (Lipinski definition) is 0. The maximum atomic E-state index is 2.43. The van der Waals surface area contributed by atoms with Crippen LogP contribution in [0.2, 0.25) is 0 Å². The number of rotatable bonds is 5. The molecule has 0 spiro atoms. The normalized spacial score (nSPS) is 10.7. The van der Waals surface area contributed by atoms with E-state index in [1.807, 2.05) is 0 Å². The Labute approximate surface area is 149 Å². The Morgan fingerprint density at radius 3 is 2.00 bits per heavy atom. The third-order valence-electron chi connectivity index (χ3n) is 4.59. The lowest BCUT2D eigenvalue weighted by Crippen LogP contribution is -2.20. The lowest BCUT2D eigenvalue weighted by molar-refractivity contribution is 0.917. The molecule has 1 heteroatoms. The van der Waals surface area contributed by atoms with Gasteiger partial charge in [-0.2, -0.15) is 0 Å². The summed E-state index contributed by atoms with van der Waals surface area (Å²) in [6.45, 7) is 0.946. The molecule has 0 unspecified atom stereocenters. The van der Waals surface area contributed by atoms with Crippen molar-refractivity contribution >= 4 is 22.1 Å². The minimum atomic E-state index is 0.946. The first-order valence-corrected chi connectivity index (χ1v) is 8.76. The second-order valence-electron chi connectivity index (χ2n) is 6.22. The van der Waals surface area contributed by atoms with Gasteiger partial charge in [0, 0.05) is 23.3 Å². The summed E-state index contributed by atoms with van der Waals surface area (Å²) in [5, 5.41) is 2.57. The third-order valence-corrected chi connectivity index (χ3v) is 4.59. The van der Waals surface area contributed by atoms with Crippen LogP contribution in [0.4, 0.5) is 11.4 Å². The molecular formula is C24H21N. The molecule has 0 saturated heterocycles. The Morgan fingerprint density at radius 2 is 1.20 bits per heavy atom. The zero-order valence-corrected chi connectivity index (χ0v) is 14.2. The van der Waals surface area contributed by atoms with Crippen LogP contribution in [0.15, 0.2) is 103 Å². The van der Waals surface area contributed by atoms with Gasteiger partial charge in [-0.15, -0.1) is 0 Å². The van der Waals surface area contributed by atoms with Crippen molar-refractivity contribution in [2.24, 2.45) is 0 Å². The highest BCUT2D eigenvalue weighted by Gasteiger charge is 2.12. The number of hydrogen-bond acceptors (Lipinski definition) is 1. The van der Waals surface area contributed by atoms with Gasteiger partial charge in [0.2, 0.25) is 0 Å². The highest BCUT2D eigenvalue weighted by atomic mass is 15.1. The summed E-state index contributed by atoms with van der Waals surface area (Å²) in [7, 11) is 0. The van der Waals surface area contributed by atoms with Gasteiger partial charge in [-0.05, 0) is 35.6 Å². The van der Waals surface area contributed by atoms with Crippen molar-refractivity contribution in [1.82, 2.24) is 0 Å². The minimum Gasteiger partial charge on any atom is -0.341 e. The summed E-state index contributed by atoms with van der Waals surface area (Å²) in [6, 6.07) is 36.5. The highest BCUT2D eigenvalue weighted by molar-refractivity contribution is 5.96. The molecule has 0 bridgehead atoms. The smallest absolute Gasteiger partial charge is 0.0490 e. The van der Waals surface area contributed by atoms with Gasteiger partial charge in [0.15, 0.2) is 0 Å². The van der Waals surface area contributed by atoms with Crippen LogP contribution in [0.25, 0.3) is 10.8 Å². The first-order chi connectivity index (χ1) is 12.4. The largest absolute Gasteiger partial charge is 0.341 e. The lowest BCUT2D eigenvalue weighted by atomic mass is 10.1. The van der Waals surface area contributed by atoms with Crippen LogP contribution in [0.3, 0.4) is 0 Å². The van der Waals surface area contributed by atoms with E-state index in [9.17, 15) is 0 Å². The van der Waals surface area contributed by atoms with Crippen molar-refractivity contribution in [3.05, 3.63) is 109 Å². The molecule has 122 valence electrons. The number of anilines is 2. The molecule has 0 heterocycles. The minimum absolute atomic E-state index is 0.946. The fourth-order valence-electron chi connectivity index (χ4n) is 3.33. The van der Waals surface area contributed by atoms with Crippen LogP contribution in [-0.4, -0.2) is 6.54 Å². The molecular weight excluding hydrogens is 302 g/mol. The van der Waals surface area contributed by atoms with Crippen molar-refractivity contribution in [1.29, 1.82) is 0 Å². The quantitative estimate of drug-likeness (QED) is 0.421. The molecule has 1 nitrogen and oxygen atoms in total. The molecule has 0 aliphatic carbocycles. The van der Waals surface area contributed by atoms with Crippen LogP contribution < -0.4 is 4.90 Å². The fourth-order valence-corrected chi connectivity index (χ4v) is 3.33. The number of nitrogens with zero attached hydrogens (tertiary/aromatic N) is 1. The molecule has 0 radical (unpaired) electrons. The van der Waals surface area contributed by atoms with E-state index >= 15 is 0 Å². The zero-order valence-electron chi connectivity index (χ0n) is 14.2. The van der Waals surface area contributed by atoms with Crippen molar-refractivity contribution in [3.63, 3.8) is 0 Å². The summed E-state index contributed by atoms with van der Waals surface area (Å²) in [6.07, 6.45) is 1.01. The number of fused-ring (bicyclic) bond motifs is 1. The summed E-state index contributed by atoms with van der Waals surface area (Å²) in [5.41, 5.74) is 3.86. The van der Waals surface area contributed by atoms with Gasteiger partial charge >= 0.3 is 0 Å². The second-order valence-corrected chi connectivity index (χ2v) is 6.22. The van der Waals surface area contributed by atoms with E-state index in [2.05, 4.69) is 108 Å². The van der Waals surface area contributed by atoms with Gasteiger partial charge in [0.25, 0.3) is 0 Å². The Morgan fingerprint density at radius 1 is 0.560 bits per heavy atom. The maximum Gasteiger partial charge on any atom is 0.0490 e. The van der Waals surface area contributed by atoms with Gasteiger partial charge in [-0.1, -0.05) is 84.9 Å². The van der Waals surface area contributed by atoms with Crippen LogP contribution in [-0.2, 0) is 6.42 Å². The lowest BCUT2D eigenvalue weighted by Gasteiger charge is -2.26. The first-order valence-electron chi connectivity index (χ1n) is 8.76. The van der Waals surface area contributed by atoms with Crippen molar-refractivity contribution in [3.8, 4) is 0 Å². The van der Waals surface area contributed by atoms with Crippen LogP contribution in [0, 0.1) is 0 Å². The fraction of sp³-hybridized carbons (Fsp3) is 0.0833. The van der Waals surface area contributed by atoms with Crippen LogP contribution in [0.5, 0.6) is 0 Å². The van der Waals surface area contributed by atoms with Gasteiger partial charge in [0.1, 0.15) is 0 Å². The van der Waals surface area contributed by atoms with Crippen LogP contribution in [0.1, 0.15) is 5.56 Å². The van der Waals surface area contributed by atoms with Gasteiger partial charge in [-0.3, -0.25) is 0 Å². The standard InChI is InChI=1S/C24H21N/c1-3-10-20(11-4-1)18-19-25(22-14-5-2-6-15-22)24-17-9-13-21-12-7-8-16-23(21)24/h1-17H,18-19H2. The molecule has 0 aliphatic rings. The summed E-state index contributed by atoms with van der Waals surface area (Å²) < 4.78 is 0. The first kappa shape index (κ1) is 15.5. The van der Waals surface area contributed by atoms with Gasteiger partial charge < -0.3 is 4.90 Å². The molecule has 0 saturated carbocycles. The van der Waals surface area contributed by atoms with Crippen molar-refractivity contribution in [2.75, 3.05) is 11.4 Å². The van der Waals surface area contributed by atoms with Crippen LogP contribution >= 0.6 is 0 Å². The maximum absolute atomic E-state index is 2.43. The Hall–Kier alpha value is -3.06. The number of para-hydroxylation sites is 1. The molecule has 0 aliphatic heterocycles. The Balaban J connectivity index is 1.74. The molecule has 4 aromatic carbocycles. The third kappa shape index (κ3) is 3.41. The summed E-state index contributed by atoms with van der Waals surface area (Å²) in [4.78, 5) is 2.43. The predicted octanol–water partition coefficient (Wildman–Crippen LogP) is 6.22. The monoisotopic (exact) mass is 323 g/mol. The van der Waals surface area contributed by atoms with Gasteiger partial charge in [-0.25, -0.2) is 0 Å². The molecule has 0 atom stereocenters. The second kappa shape index (κ2) is 7.23. The van der Waals surface area contributed by atoms with Gasteiger partial charge in [0.05, 0.1) is 0 Å². The SMILES string of the molecule is c1ccc(CCN(c2ccccc2)c2cccc3ccccc23)cc1. The van der Waals surface area contributed by atoms with E-state index in [1.165, 1.54) is 27.7 Å². The van der Waals surface area contributed by atoms with E-state index < -0.39 is 0 Å². The van der Waals surface area contributed by atoms with E-state index in [1.54, 1.807) is 0 Å². The summed E-state index contributed by atoms with van der Waals surface area (Å²) in [5.74, 6) is 0. The van der Waals surface area contributed by atoms with E-state index in [4.69, 9.17) is 0 Å². The number of benzene rings is 4. The van der Waals surface area contributed by atoms with E-state index in [-0.39, 0.29) is 0 Å². The molecule has 0 amide bonds. The van der Waals surface area contributed by atoms with Crippen molar-refractivity contribution in [2.45, 2.75) is 6.42 Å². The molecule has 0 N–H and O–H groups in total. The topological polar surface area (TPSA) is 3.24 Å². The summed E-state index contributed by atoms with van der Waals surface area (Å²) >= 11 is 0. The predicted molar refractivity (Wildman–Crippen MR) is 108 cm³/mol. The highest BCUT2D eigenvalue weighted by Crippen LogP contribution is 2.32. The van der Waals surface area contributed by atoms with Crippen molar-refractivity contribution < 1.29 is 0 Å². The average molecular weight is 323 g/mol.